The van der Waals surface area contributed by atoms with E-state index < -0.39 is 10.0 Å². The first-order valence-corrected chi connectivity index (χ1v) is 8.98. The molecule has 24 heavy (non-hydrogen) atoms. The lowest BCUT2D eigenvalue weighted by molar-refractivity contribution is 0.601. The second kappa shape index (κ2) is 5.79. The van der Waals surface area contributed by atoms with Crippen LogP contribution in [0.4, 0.5) is 5.69 Å². The lowest BCUT2D eigenvalue weighted by atomic mass is 10.1. The van der Waals surface area contributed by atoms with E-state index in [9.17, 15) is 13.2 Å². The summed E-state index contributed by atoms with van der Waals surface area (Å²) in [4.78, 5) is 12.2. The molecule has 8 heteroatoms. The van der Waals surface area contributed by atoms with Crippen LogP contribution >= 0.6 is 0 Å². The molecule has 3 rings (SSSR count). The molecule has 0 amide bonds. The van der Waals surface area contributed by atoms with Crippen molar-refractivity contribution in [2.75, 3.05) is 4.72 Å². The molecule has 3 aromatic rings. The highest BCUT2D eigenvalue weighted by atomic mass is 32.2. The fourth-order valence-electron chi connectivity index (χ4n) is 2.41. The summed E-state index contributed by atoms with van der Waals surface area (Å²) in [7, 11) is -3.79. The van der Waals surface area contributed by atoms with Gasteiger partial charge in [-0.05, 0) is 50.1 Å². The number of nitrogens with zero attached hydrogens (tertiary/aromatic N) is 3. The summed E-state index contributed by atoms with van der Waals surface area (Å²) in [5.41, 5.74) is 2.50. The third-order valence-electron chi connectivity index (χ3n) is 3.96. The van der Waals surface area contributed by atoms with Gasteiger partial charge in [0.1, 0.15) is 16.7 Å². The Hall–Kier alpha value is -2.61. The van der Waals surface area contributed by atoms with Crippen molar-refractivity contribution in [1.82, 2.24) is 14.2 Å². The van der Waals surface area contributed by atoms with Gasteiger partial charge in [-0.2, -0.15) is 5.10 Å². The molecular weight excluding hydrogens is 328 g/mol. The summed E-state index contributed by atoms with van der Waals surface area (Å²) in [6, 6.07) is 6.70. The quantitative estimate of drug-likeness (QED) is 0.782. The Morgan fingerprint density at radius 3 is 2.58 bits per heavy atom. The molecule has 7 nitrogen and oxygen atoms in total. The Bertz CT molecular complexity index is 1080. The van der Waals surface area contributed by atoms with Crippen LogP contribution in [0.15, 0.2) is 46.5 Å². The Balaban J connectivity index is 2.03. The molecule has 0 spiro atoms. The number of aromatic nitrogens is 3. The number of hydrogen-bond donors (Lipinski definition) is 1. The van der Waals surface area contributed by atoms with Crippen molar-refractivity contribution < 1.29 is 8.42 Å². The molecule has 1 N–H and O–H groups in total. The molecule has 0 bridgehead atoms. The molecule has 0 aliphatic rings. The van der Waals surface area contributed by atoms with Crippen LogP contribution < -0.4 is 10.3 Å². The lowest BCUT2D eigenvalue weighted by Gasteiger charge is -2.08. The SMILES string of the molecule is CCn1ncn2cc(S(=O)(=O)Nc3ccc(C)c(C)c3)cc2c1=O. The second-order valence-electron chi connectivity index (χ2n) is 5.62. The Kier molecular flexibility index (Phi) is 3.92. The lowest BCUT2D eigenvalue weighted by Crippen LogP contribution is -2.23. The molecule has 2 aromatic heterocycles. The first-order chi connectivity index (χ1) is 11.3. The maximum Gasteiger partial charge on any atom is 0.291 e. The number of benzene rings is 1. The minimum atomic E-state index is -3.79. The van der Waals surface area contributed by atoms with Crippen molar-refractivity contribution in [3.05, 3.63) is 58.3 Å². The number of aryl methyl sites for hydroxylation is 3. The zero-order valence-electron chi connectivity index (χ0n) is 13.6. The zero-order valence-corrected chi connectivity index (χ0v) is 14.5. The van der Waals surface area contributed by atoms with Gasteiger partial charge in [-0.15, -0.1) is 0 Å². The minimum Gasteiger partial charge on any atom is -0.300 e. The van der Waals surface area contributed by atoms with E-state index in [0.717, 1.165) is 11.1 Å². The van der Waals surface area contributed by atoms with Crippen molar-refractivity contribution in [3.8, 4) is 0 Å². The largest absolute Gasteiger partial charge is 0.300 e. The van der Waals surface area contributed by atoms with Gasteiger partial charge in [0.2, 0.25) is 0 Å². The van der Waals surface area contributed by atoms with Crippen LogP contribution in [0.3, 0.4) is 0 Å². The highest BCUT2D eigenvalue weighted by Gasteiger charge is 2.18. The maximum atomic E-state index is 12.6. The molecule has 1 aromatic carbocycles. The maximum absolute atomic E-state index is 12.6. The number of anilines is 1. The van der Waals surface area contributed by atoms with Gasteiger partial charge in [0.05, 0.1) is 0 Å². The van der Waals surface area contributed by atoms with Gasteiger partial charge in [-0.1, -0.05) is 6.07 Å². The molecule has 0 aliphatic heterocycles. The van der Waals surface area contributed by atoms with Crippen molar-refractivity contribution in [2.45, 2.75) is 32.2 Å². The third kappa shape index (κ3) is 2.80. The van der Waals surface area contributed by atoms with Crippen LogP contribution in [0.25, 0.3) is 5.52 Å². The van der Waals surface area contributed by atoms with Crippen LogP contribution in [0, 0.1) is 13.8 Å². The third-order valence-corrected chi connectivity index (χ3v) is 5.31. The molecule has 0 atom stereocenters. The van der Waals surface area contributed by atoms with E-state index in [2.05, 4.69) is 9.82 Å². The van der Waals surface area contributed by atoms with E-state index in [1.165, 1.54) is 27.7 Å². The van der Waals surface area contributed by atoms with Crippen molar-refractivity contribution in [3.63, 3.8) is 0 Å². The fourth-order valence-corrected chi connectivity index (χ4v) is 3.49. The van der Waals surface area contributed by atoms with Crippen molar-refractivity contribution in [2.24, 2.45) is 0 Å². The monoisotopic (exact) mass is 346 g/mol. The van der Waals surface area contributed by atoms with Crippen LogP contribution in [0.5, 0.6) is 0 Å². The first kappa shape index (κ1) is 16.3. The summed E-state index contributed by atoms with van der Waals surface area (Å²) < 4.78 is 30.4. The van der Waals surface area contributed by atoms with Crippen molar-refractivity contribution in [1.29, 1.82) is 0 Å². The standard InChI is InChI=1S/C16H18N4O3S/c1-4-20-16(21)15-8-14(9-19(15)10-17-20)24(22,23)18-13-6-5-11(2)12(3)7-13/h5-10,18H,4H2,1-3H3. The number of sulfonamides is 1. The molecular formula is C16H18N4O3S. The topological polar surface area (TPSA) is 85.5 Å². The van der Waals surface area contributed by atoms with E-state index in [1.807, 2.05) is 19.9 Å². The van der Waals surface area contributed by atoms with E-state index in [1.54, 1.807) is 19.1 Å². The fraction of sp³-hybridized carbons (Fsp3) is 0.250. The highest BCUT2D eigenvalue weighted by Crippen LogP contribution is 2.20. The van der Waals surface area contributed by atoms with Gasteiger partial charge in [0, 0.05) is 18.4 Å². The number of fused-ring (bicyclic) bond motifs is 1. The van der Waals surface area contributed by atoms with Crippen LogP contribution in [0.2, 0.25) is 0 Å². The van der Waals surface area contributed by atoms with Gasteiger partial charge in [0.15, 0.2) is 0 Å². The summed E-state index contributed by atoms with van der Waals surface area (Å²) in [6.07, 6.45) is 2.81. The summed E-state index contributed by atoms with van der Waals surface area (Å²) in [5.74, 6) is 0. The normalized spacial score (nSPS) is 11.8. The molecule has 0 aliphatic carbocycles. The predicted molar refractivity (Wildman–Crippen MR) is 91.9 cm³/mol. The van der Waals surface area contributed by atoms with Crippen LogP contribution in [-0.2, 0) is 16.6 Å². The van der Waals surface area contributed by atoms with E-state index in [-0.39, 0.29) is 16.0 Å². The number of rotatable bonds is 4. The molecule has 0 radical (unpaired) electrons. The zero-order chi connectivity index (χ0) is 17.5. The molecule has 0 fully saturated rings. The Morgan fingerprint density at radius 2 is 1.92 bits per heavy atom. The Labute approximate surface area is 139 Å². The minimum absolute atomic E-state index is 0.0217. The van der Waals surface area contributed by atoms with Crippen LogP contribution in [0.1, 0.15) is 18.1 Å². The van der Waals surface area contributed by atoms with Gasteiger partial charge in [0.25, 0.3) is 15.6 Å². The van der Waals surface area contributed by atoms with E-state index in [4.69, 9.17) is 0 Å². The van der Waals surface area contributed by atoms with Gasteiger partial charge in [-0.25, -0.2) is 13.1 Å². The van der Waals surface area contributed by atoms with E-state index in [0.29, 0.717) is 12.2 Å². The van der Waals surface area contributed by atoms with E-state index >= 15 is 0 Å². The summed E-state index contributed by atoms with van der Waals surface area (Å²) >= 11 is 0. The molecule has 2 heterocycles. The molecule has 126 valence electrons. The van der Waals surface area contributed by atoms with Gasteiger partial charge >= 0.3 is 0 Å². The summed E-state index contributed by atoms with van der Waals surface area (Å²) in [6.45, 7) is 6.09. The summed E-state index contributed by atoms with van der Waals surface area (Å²) in [5, 5.41) is 3.98. The number of hydrogen-bond acceptors (Lipinski definition) is 4. The average molecular weight is 346 g/mol. The predicted octanol–water partition coefficient (Wildman–Crippen LogP) is 1.93. The van der Waals surface area contributed by atoms with Crippen LogP contribution in [-0.4, -0.2) is 22.6 Å². The highest BCUT2D eigenvalue weighted by molar-refractivity contribution is 7.92. The average Bonchev–Trinajstić information content (AvgIpc) is 2.97. The van der Waals surface area contributed by atoms with Gasteiger partial charge < -0.3 is 0 Å². The van der Waals surface area contributed by atoms with Crippen molar-refractivity contribution >= 4 is 21.2 Å². The number of nitrogens with one attached hydrogen (secondary N) is 1. The Morgan fingerprint density at radius 1 is 1.17 bits per heavy atom. The first-order valence-electron chi connectivity index (χ1n) is 7.49. The van der Waals surface area contributed by atoms with Gasteiger partial charge in [-0.3, -0.25) is 13.9 Å². The molecule has 0 saturated carbocycles. The molecule has 0 saturated heterocycles. The second-order valence-corrected chi connectivity index (χ2v) is 7.31. The molecule has 0 unspecified atom stereocenters. The smallest absolute Gasteiger partial charge is 0.291 e.